The van der Waals surface area contributed by atoms with Crippen molar-refractivity contribution >= 4 is 39.7 Å². The summed E-state index contributed by atoms with van der Waals surface area (Å²) in [4.78, 5) is 29.2. The van der Waals surface area contributed by atoms with Crippen molar-refractivity contribution in [2.45, 2.75) is 12.5 Å². The highest BCUT2D eigenvalue weighted by Gasteiger charge is 2.29. The fraction of sp³-hybridized carbons (Fsp3) is 0.0968. The number of carbonyl (C=O) groups is 1. The monoisotopic (exact) mass is 508 g/mol. The van der Waals surface area contributed by atoms with Crippen LogP contribution in [0.3, 0.4) is 0 Å². The number of ketones is 1. The molecule has 4 aromatic carbocycles. The molecule has 0 aliphatic rings. The average Bonchev–Trinajstić information content (AvgIpc) is 2.93. The van der Waals surface area contributed by atoms with E-state index in [-0.39, 0.29) is 17.7 Å². The first kappa shape index (κ1) is 24.3. The van der Waals surface area contributed by atoms with Crippen molar-refractivity contribution in [3.63, 3.8) is 0 Å². The van der Waals surface area contributed by atoms with Gasteiger partial charge in [0.25, 0.3) is 5.56 Å². The van der Waals surface area contributed by atoms with Gasteiger partial charge in [0.1, 0.15) is 11.3 Å². The smallest absolute Gasteiger partial charge is 0.265 e. The summed E-state index contributed by atoms with van der Waals surface area (Å²) in [6.07, 6.45) is -0.0490. The number of hydrogen-bond acceptors (Lipinski definition) is 4. The number of hydrogen-bond donors (Lipinski definition) is 1. The zero-order chi connectivity index (χ0) is 25.9. The van der Waals surface area contributed by atoms with Crippen molar-refractivity contribution in [1.29, 1.82) is 0 Å². The molecular formula is C31H25ClN2O3. The minimum Gasteiger partial charge on any atom is -0.506 e. The molecule has 5 nitrogen and oxygen atoms in total. The molecule has 1 N–H and O–H groups in total. The third kappa shape index (κ3) is 4.74. The van der Waals surface area contributed by atoms with Crippen molar-refractivity contribution in [1.82, 2.24) is 4.57 Å². The Morgan fingerprint density at radius 1 is 0.838 bits per heavy atom. The van der Waals surface area contributed by atoms with E-state index in [4.69, 9.17) is 11.6 Å². The first-order valence-corrected chi connectivity index (χ1v) is 12.3. The number of nitrogens with zero attached hydrogens (tertiary/aromatic N) is 2. The summed E-state index contributed by atoms with van der Waals surface area (Å²) in [5.41, 5.74) is 2.45. The standard InChI is InChI=1S/C31H25ClN2O3/c1-33-26-15-9-8-14-25(26)30(36)29(31(33)37)28(35)20-27(21-16-18-22(32)19-17-21)34(23-10-4-2-5-11-23)24-12-6-3-7-13-24/h2-19,27,36H,20H2,1H3/t27-/m1/s1. The van der Waals surface area contributed by atoms with Crippen molar-refractivity contribution in [2.24, 2.45) is 7.05 Å². The third-order valence-electron chi connectivity index (χ3n) is 6.57. The third-order valence-corrected chi connectivity index (χ3v) is 6.82. The number of halogens is 1. The number of para-hydroxylation sites is 3. The molecule has 1 atom stereocenters. The number of pyridine rings is 1. The molecule has 0 amide bonds. The highest BCUT2D eigenvalue weighted by atomic mass is 35.5. The summed E-state index contributed by atoms with van der Waals surface area (Å²) in [6.45, 7) is 0. The summed E-state index contributed by atoms with van der Waals surface area (Å²) in [5, 5.41) is 12.1. The number of aromatic hydroxyl groups is 1. The largest absolute Gasteiger partial charge is 0.506 e. The van der Waals surface area contributed by atoms with Gasteiger partial charge in [0.15, 0.2) is 5.78 Å². The lowest BCUT2D eigenvalue weighted by Crippen LogP contribution is -2.30. The molecule has 0 saturated heterocycles. The van der Waals surface area contributed by atoms with Crippen LogP contribution in [0.2, 0.25) is 5.02 Å². The van der Waals surface area contributed by atoms with Gasteiger partial charge in [0.05, 0.1) is 11.6 Å². The normalized spacial score (nSPS) is 11.8. The van der Waals surface area contributed by atoms with Crippen LogP contribution in [0.1, 0.15) is 28.4 Å². The topological polar surface area (TPSA) is 62.5 Å². The second kappa shape index (κ2) is 10.3. The lowest BCUT2D eigenvalue weighted by molar-refractivity contribution is 0.0969. The molecule has 0 fully saturated rings. The molecule has 37 heavy (non-hydrogen) atoms. The van der Waals surface area contributed by atoms with Crippen LogP contribution in [0.25, 0.3) is 10.9 Å². The van der Waals surface area contributed by atoms with Crippen LogP contribution in [0.15, 0.2) is 114 Å². The minimum atomic E-state index is -0.526. The number of rotatable bonds is 7. The molecule has 0 aliphatic heterocycles. The van der Waals surface area contributed by atoms with Crippen LogP contribution in [0.5, 0.6) is 5.75 Å². The van der Waals surface area contributed by atoms with E-state index < -0.39 is 17.4 Å². The summed E-state index contributed by atoms with van der Waals surface area (Å²) in [6, 6.07) is 33.4. The van der Waals surface area contributed by atoms with E-state index in [9.17, 15) is 14.7 Å². The van der Waals surface area contributed by atoms with Gasteiger partial charge in [-0.1, -0.05) is 72.3 Å². The average molecular weight is 509 g/mol. The number of fused-ring (bicyclic) bond motifs is 1. The van der Waals surface area contributed by atoms with E-state index in [1.807, 2.05) is 72.8 Å². The van der Waals surface area contributed by atoms with Crippen molar-refractivity contribution in [3.8, 4) is 5.75 Å². The van der Waals surface area contributed by atoms with E-state index in [0.29, 0.717) is 15.9 Å². The van der Waals surface area contributed by atoms with Crippen molar-refractivity contribution < 1.29 is 9.90 Å². The second-order valence-electron chi connectivity index (χ2n) is 8.84. The zero-order valence-electron chi connectivity index (χ0n) is 20.2. The highest BCUT2D eigenvalue weighted by molar-refractivity contribution is 6.30. The number of benzene rings is 4. The van der Waals surface area contributed by atoms with Gasteiger partial charge in [-0.25, -0.2) is 0 Å². The van der Waals surface area contributed by atoms with Gasteiger partial charge in [-0.2, -0.15) is 0 Å². The molecule has 5 rings (SSSR count). The van der Waals surface area contributed by atoms with Gasteiger partial charge in [-0.05, 0) is 54.1 Å². The minimum absolute atomic E-state index is 0.0490. The Hall–Kier alpha value is -4.35. The molecule has 0 spiro atoms. The van der Waals surface area contributed by atoms with E-state index in [1.165, 1.54) is 4.57 Å². The first-order valence-electron chi connectivity index (χ1n) is 11.9. The predicted octanol–water partition coefficient (Wildman–Crippen LogP) is 7.05. The Morgan fingerprint density at radius 3 is 1.97 bits per heavy atom. The maximum absolute atomic E-state index is 13.9. The lowest BCUT2D eigenvalue weighted by Gasteiger charge is -2.34. The molecule has 5 aromatic rings. The van der Waals surface area contributed by atoms with Gasteiger partial charge in [0.2, 0.25) is 0 Å². The Morgan fingerprint density at radius 2 is 1.38 bits per heavy atom. The number of carbonyl (C=O) groups excluding carboxylic acids is 1. The Kier molecular flexibility index (Phi) is 6.80. The fourth-order valence-corrected chi connectivity index (χ4v) is 4.86. The van der Waals surface area contributed by atoms with Gasteiger partial charge >= 0.3 is 0 Å². The molecule has 1 heterocycles. The first-order chi connectivity index (χ1) is 18.0. The van der Waals surface area contributed by atoms with E-state index >= 15 is 0 Å². The van der Waals surface area contributed by atoms with Gasteiger partial charge in [0, 0.05) is 35.3 Å². The number of aromatic nitrogens is 1. The number of aryl methyl sites for hydroxylation is 1. The molecular weight excluding hydrogens is 484 g/mol. The van der Waals surface area contributed by atoms with Crippen LogP contribution in [0.4, 0.5) is 11.4 Å². The van der Waals surface area contributed by atoms with Crippen LogP contribution in [-0.4, -0.2) is 15.5 Å². The van der Waals surface area contributed by atoms with Crippen molar-refractivity contribution in [2.75, 3.05) is 4.90 Å². The van der Waals surface area contributed by atoms with Gasteiger partial charge < -0.3 is 14.6 Å². The van der Waals surface area contributed by atoms with Gasteiger partial charge in [-0.15, -0.1) is 0 Å². The Labute approximate surface area is 219 Å². The summed E-state index contributed by atoms with van der Waals surface area (Å²) < 4.78 is 1.41. The van der Waals surface area contributed by atoms with E-state index in [2.05, 4.69) is 4.90 Å². The second-order valence-corrected chi connectivity index (χ2v) is 9.28. The number of Topliss-reactive ketones (excluding diaryl/α,β-unsaturated/α-hetero) is 1. The quantitative estimate of drug-likeness (QED) is 0.239. The van der Waals surface area contributed by atoms with Crippen LogP contribution < -0.4 is 10.5 Å². The van der Waals surface area contributed by atoms with E-state index in [1.54, 1.807) is 43.4 Å². The molecule has 1 aromatic heterocycles. The maximum atomic E-state index is 13.9. The number of anilines is 2. The fourth-order valence-electron chi connectivity index (χ4n) is 4.74. The Bertz CT molecular complexity index is 1580. The molecule has 0 unspecified atom stereocenters. The molecule has 6 heteroatoms. The van der Waals surface area contributed by atoms with Crippen LogP contribution in [0, 0.1) is 0 Å². The molecule has 184 valence electrons. The Balaban J connectivity index is 1.67. The molecule has 0 aliphatic carbocycles. The van der Waals surface area contributed by atoms with Crippen molar-refractivity contribution in [3.05, 3.63) is 136 Å². The van der Waals surface area contributed by atoms with Crippen LogP contribution >= 0.6 is 11.6 Å². The van der Waals surface area contributed by atoms with E-state index in [0.717, 1.165) is 16.9 Å². The highest BCUT2D eigenvalue weighted by Crippen LogP contribution is 2.38. The maximum Gasteiger partial charge on any atom is 0.265 e. The molecule has 0 radical (unpaired) electrons. The molecule has 0 bridgehead atoms. The van der Waals surface area contributed by atoms with Crippen LogP contribution in [-0.2, 0) is 7.05 Å². The molecule has 0 saturated carbocycles. The van der Waals surface area contributed by atoms with Gasteiger partial charge in [-0.3, -0.25) is 9.59 Å². The lowest BCUT2D eigenvalue weighted by atomic mass is 9.94. The zero-order valence-corrected chi connectivity index (χ0v) is 21.0. The summed E-state index contributed by atoms with van der Waals surface area (Å²) >= 11 is 6.19. The summed E-state index contributed by atoms with van der Waals surface area (Å²) in [7, 11) is 1.61. The predicted molar refractivity (Wildman–Crippen MR) is 149 cm³/mol. The SMILES string of the molecule is Cn1c(=O)c(C(=O)C[C@H](c2ccc(Cl)cc2)N(c2ccccc2)c2ccccc2)c(O)c2ccccc21. The summed E-state index contributed by atoms with van der Waals surface area (Å²) in [5.74, 6) is -0.731.